The molecule has 20 heavy (non-hydrogen) atoms. The molecule has 2 aliphatic rings. The maximum absolute atomic E-state index is 6.03. The van der Waals surface area contributed by atoms with Crippen LogP contribution in [0.2, 0.25) is 0 Å². The van der Waals surface area contributed by atoms with E-state index >= 15 is 0 Å². The molecule has 3 heterocycles. The molecule has 1 aromatic rings. The van der Waals surface area contributed by atoms with Crippen LogP contribution in [0.4, 0.5) is 5.82 Å². The van der Waals surface area contributed by atoms with E-state index in [0.29, 0.717) is 0 Å². The van der Waals surface area contributed by atoms with Crippen LogP contribution in [-0.2, 0) is 9.31 Å². The molecule has 0 aliphatic carbocycles. The van der Waals surface area contributed by atoms with Crippen molar-refractivity contribution in [3.05, 3.63) is 12.3 Å². The van der Waals surface area contributed by atoms with Gasteiger partial charge in [-0.15, -0.1) is 0 Å². The van der Waals surface area contributed by atoms with E-state index in [2.05, 4.69) is 14.7 Å². The number of fused-ring (bicyclic) bond motifs is 1. The molecule has 2 aliphatic heterocycles. The Morgan fingerprint density at radius 1 is 1.20 bits per heavy atom. The summed E-state index contributed by atoms with van der Waals surface area (Å²) in [6.07, 6.45) is 1.80. The lowest BCUT2D eigenvalue weighted by atomic mass is 9.80. The minimum atomic E-state index is -0.384. The molecule has 0 spiro atoms. The van der Waals surface area contributed by atoms with Crippen molar-refractivity contribution in [2.45, 2.75) is 50.7 Å². The predicted octanol–water partition coefficient (Wildman–Crippen LogP) is 2.23. The Balaban J connectivity index is 1.88. The van der Waals surface area contributed by atoms with E-state index < -0.39 is 0 Å². The second-order valence-corrected chi connectivity index (χ2v) is 6.90. The summed E-state index contributed by atoms with van der Waals surface area (Å²) in [6, 6.07) is 2.03. The van der Waals surface area contributed by atoms with Crippen molar-refractivity contribution in [3.8, 4) is 0 Å². The average Bonchev–Trinajstić information content (AvgIpc) is 2.58. The third kappa shape index (κ3) is 2.23. The van der Waals surface area contributed by atoms with E-state index in [0.717, 1.165) is 22.0 Å². The molecule has 1 saturated heterocycles. The minimum Gasteiger partial charge on any atom is -0.399 e. The van der Waals surface area contributed by atoms with Crippen LogP contribution in [0.5, 0.6) is 0 Å². The van der Waals surface area contributed by atoms with E-state index in [1.54, 1.807) is 6.20 Å². The maximum atomic E-state index is 6.03. The number of rotatable bonds is 1. The maximum Gasteiger partial charge on any atom is 0.496 e. The number of hydrogen-bond donors (Lipinski definition) is 1. The summed E-state index contributed by atoms with van der Waals surface area (Å²) in [5, 5.41) is 3.15. The lowest BCUT2D eigenvalue weighted by molar-refractivity contribution is 0.00578. The summed E-state index contributed by atoms with van der Waals surface area (Å²) >= 11 is 1.42. The number of anilines is 1. The van der Waals surface area contributed by atoms with E-state index in [-0.39, 0.29) is 18.3 Å². The highest BCUT2D eigenvalue weighted by Crippen LogP contribution is 2.37. The zero-order chi connectivity index (χ0) is 14.5. The standard InChI is InChI=1S/C13H18BN3O2S/c1-8-16-11-10(20-17-8)6-9(7-15-11)14-18-12(2,3)13(4,5)19-14/h6-7H,1-5H3,(H,15,16,17). The van der Waals surface area contributed by atoms with Crippen LogP contribution in [0.25, 0.3) is 0 Å². The summed E-state index contributed by atoms with van der Waals surface area (Å²) in [4.78, 5) is 5.43. The first-order valence-corrected chi connectivity index (χ1v) is 7.40. The number of aromatic nitrogens is 1. The third-order valence-electron chi connectivity index (χ3n) is 3.98. The molecule has 1 N–H and O–H groups in total. The fourth-order valence-electron chi connectivity index (χ4n) is 2.04. The molecule has 106 valence electrons. The van der Waals surface area contributed by atoms with Crippen molar-refractivity contribution in [1.82, 2.24) is 4.98 Å². The minimum absolute atomic E-state index is 0.340. The van der Waals surface area contributed by atoms with Gasteiger partial charge in [-0.1, -0.05) is 0 Å². The Morgan fingerprint density at radius 3 is 2.50 bits per heavy atom. The summed E-state index contributed by atoms with van der Waals surface area (Å²) in [5.74, 6) is 1.70. The Kier molecular flexibility index (Phi) is 3.11. The molecule has 0 atom stereocenters. The molecule has 5 nitrogen and oxygen atoms in total. The smallest absolute Gasteiger partial charge is 0.399 e. The second kappa shape index (κ2) is 4.48. The van der Waals surface area contributed by atoms with Crippen molar-refractivity contribution >= 4 is 36.2 Å². The zero-order valence-electron chi connectivity index (χ0n) is 12.4. The zero-order valence-corrected chi connectivity index (χ0v) is 13.2. The molecule has 1 aromatic heterocycles. The normalized spacial score (nSPS) is 23.1. The molecular formula is C13H18BN3O2S. The van der Waals surface area contributed by atoms with Crippen LogP contribution >= 0.6 is 11.9 Å². The van der Waals surface area contributed by atoms with Crippen LogP contribution in [-0.4, -0.2) is 29.1 Å². The van der Waals surface area contributed by atoms with Gasteiger partial charge in [0.25, 0.3) is 0 Å². The van der Waals surface area contributed by atoms with E-state index in [4.69, 9.17) is 9.31 Å². The molecule has 0 amide bonds. The van der Waals surface area contributed by atoms with Crippen LogP contribution in [0.3, 0.4) is 0 Å². The van der Waals surface area contributed by atoms with E-state index in [1.165, 1.54) is 11.9 Å². The van der Waals surface area contributed by atoms with Gasteiger partial charge in [0.05, 0.1) is 16.1 Å². The summed E-state index contributed by atoms with van der Waals surface area (Å²) in [6.45, 7) is 10.1. The number of nitrogens with one attached hydrogen (secondary N) is 1. The Morgan fingerprint density at radius 2 is 1.85 bits per heavy atom. The highest BCUT2D eigenvalue weighted by Gasteiger charge is 2.51. The first kappa shape index (κ1) is 13.9. The lowest BCUT2D eigenvalue weighted by Crippen LogP contribution is -2.41. The van der Waals surface area contributed by atoms with Crippen LogP contribution in [0, 0.1) is 0 Å². The largest absolute Gasteiger partial charge is 0.496 e. The van der Waals surface area contributed by atoms with E-state index in [1.807, 2.05) is 40.7 Å². The fraction of sp³-hybridized carbons (Fsp3) is 0.538. The predicted molar refractivity (Wildman–Crippen MR) is 82.5 cm³/mol. The second-order valence-electron chi connectivity index (χ2n) is 6.10. The number of nitrogens with zero attached hydrogens (tertiary/aromatic N) is 2. The highest BCUT2D eigenvalue weighted by molar-refractivity contribution is 7.98. The number of pyridine rings is 1. The number of hydrogen-bond acceptors (Lipinski definition) is 6. The van der Waals surface area contributed by atoms with Gasteiger partial charge in [-0.05, 0) is 40.7 Å². The van der Waals surface area contributed by atoms with Gasteiger partial charge >= 0.3 is 7.12 Å². The van der Waals surface area contributed by atoms with Gasteiger partial charge in [-0.3, -0.25) is 0 Å². The molecule has 3 rings (SSSR count). The number of amidine groups is 1. The molecule has 0 saturated carbocycles. The monoisotopic (exact) mass is 291 g/mol. The van der Waals surface area contributed by atoms with Crippen molar-refractivity contribution in [3.63, 3.8) is 0 Å². The molecular weight excluding hydrogens is 273 g/mol. The molecule has 0 bridgehead atoms. The van der Waals surface area contributed by atoms with Gasteiger partial charge in [-0.25, -0.2) is 4.98 Å². The molecule has 0 radical (unpaired) electrons. The van der Waals surface area contributed by atoms with Gasteiger partial charge in [0, 0.05) is 23.6 Å². The van der Waals surface area contributed by atoms with Crippen LogP contribution < -0.4 is 10.8 Å². The molecule has 0 unspecified atom stereocenters. The lowest BCUT2D eigenvalue weighted by Gasteiger charge is -2.32. The van der Waals surface area contributed by atoms with Crippen molar-refractivity contribution < 1.29 is 9.31 Å². The van der Waals surface area contributed by atoms with Crippen molar-refractivity contribution in [2.24, 2.45) is 4.40 Å². The van der Waals surface area contributed by atoms with Gasteiger partial charge < -0.3 is 14.6 Å². The van der Waals surface area contributed by atoms with Gasteiger partial charge in [0.2, 0.25) is 0 Å². The van der Waals surface area contributed by atoms with E-state index in [9.17, 15) is 0 Å². The van der Waals surface area contributed by atoms with Crippen LogP contribution in [0.15, 0.2) is 21.6 Å². The van der Waals surface area contributed by atoms with Crippen molar-refractivity contribution in [1.29, 1.82) is 0 Å². The Bertz CT molecular complexity index is 573. The first-order chi connectivity index (χ1) is 9.28. The average molecular weight is 291 g/mol. The molecule has 1 fully saturated rings. The van der Waals surface area contributed by atoms with Gasteiger partial charge in [-0.2, -0.15) is 4.40 Å². The van der Waals surface area contributed by atoms with Gasteiger partial charge in [0.15, 0.2) is 0 Å². The molecule has 7 heteroatoms. The quantitative estimate of drug-likeness (QED) is 0.635. The highest BCUT2D eigenvalue weighted by atomic mass is 32.2. The summed E-state index contributed by atoms with van der Waals surface area (Å²) in [7, 11) is -0.384. The van der Waals surface area contributed by atoms with Crippen molar-refractivity contribution in [2.75, 3.05) is 5.32 Å². The first-order valence-electron chi connectivity index (χ1n) is 6.63. The molecule has 0 aromatic carbocycles. The Labute approximate surface area is 123 Å². The summed E-state index contributed by atoms with van der Waals surface area (Å²) in [5.41, 5.74) is 0.243. The fourth-order valence-corrected chi connectivity index (χ4v) is 2.70. The topological polar surface area (TPSA) is 55.7 Å². The van der Waals surface area contributed by atoms with Crippen LogP contribution in [0.1, 0.15) is 34.6 Å². The Hall–Kier alpha value is -1.05. The SMILES string of the molecule is CC1=NSc2cc(B3OC(C)(C)C(C)(C)O3)cnc2N1. The third-order valence-corrected chi connectivity index (χ3v) is 4.85. The summed E-state index contributed by atoms with van der Waals surface area (Å²) < 4.78 is 16.4. The van der Waals surface area contributed by atoms with Gasteiger partial charge in [0.1, 0.15) is 11.7 Å².